The fourth-order valence-electron chi connectivity index (χ4n) is 2.11. The Morgan fingerprint density at radius 1 is 0.767 bits per heavy atom. The number of hydrogen-bond donors (Lipinski definition) is 2. The van der Waals surface area contributed by atoms with E-state index in [4.69, 9.17) is 28.4 Å². The maximum absolute atomic E-state index is 11.9. The number of carbonyl (C=O) groups is 2. The fraction of sp³-hybridized carbons (Fsp3) is 0.600. The second kappa shape index (κ2) is 17.5. The molecule has 0 saturated carbocycles. The van der Waals surface area contributed by atoms with Crippen LogP contribution in [0, 0.1) is 0 Å². The molecule has 1 aromatic carbocycles. The normalized spacial score (nSPS) is 10.5. The minimum Gasteiger partial charge on any atom is -0.497 e. The fourth-order valence-corrected chi connectivity index (χ4v) is 2.11. The SMILES string of the molecule is CNC(=O)OCCOCCOCCOCCOCCNC(=O)c1ccc(OC)cc1. The highest BCUT2D eigenvalue weighted by atomic mass is 16.6. The van der Waals surface area contributed by atoms with E-state index in [2.05, 4.69) is 10.6 Å². The molecule has 0 saturated heterocycles. The summed E-state index contributed by atoms with van der Waals surface area (Å²) in [5.41, 5.74) is 0.571. The summed E-state index contributed by atoms with van der Waals surface area (Å²) in [6, 6.07) is 6.90. The molecule has 0 heterocycles. The van der Waals surface area contributed by atoms with Gasteiger partial charge in [0.05, 0.1) is 60.0 Å². The first-order chi connectivity index (χ1) is 14.7. The Labute approximate surface area is 177 Å². The van der Waals surface area contributed by atoms with E-state index in [1.54, 1.807) is 31.4 Å². The lowest BCUT2D eigenvalue weighted by molar-refractivity contribution is -0.00612. The van der Waals surface area contributed by atoms with Crippen LogP contribution >= 0.6 is 0 Å². The van der Waals surface area contributed by atoms with E-state index >= 15 is 0 Å². The highest BCUT2D eigenvalue weighted by Crippen LogP contribution is 2.10. The summed E-state index contributed by atoms with van der Waals surface area (Å²) in [5, 5.41) is 5.13. The third kappa shape index (κ3) is 12.9. The second-order valence-corrected chi connectivity index (χ2v) is 5.82. The molecule has 2 N–H and O–H groups in total. The van der Waals surface area contributed by atoms with Crippen LogP contribution in [0.5, 0.6) is 5.75 Å². The molecule has 0 unspecified atom stereocenters. The highest BCUT2D eigenvalue weighted by molar-refractivity contribution is 5.94. The Morgan fingerprint density at radius 2 is 1.27 bits per heavy atom. The molecule has 0 spiro atoms. The number of carbonyl (C=O) groups excluding carboxylic acids is 2. The summed E-state index contributed by atoms with van der Waals surface area (Å²) < 4.78 is 31.2. The van der Waals surface area contributed by atoms with Gasteiger partial charge in [-0.2, -0.15) is 0 Å². The van der Waals surface area contributed by atoms with E-state index in [-0.39, 0.29) is 12.5 Å². The topological polar surface area (TPSA) is 114 Å². The summed E-state index contributed by atoms with van der Waals surface area (Å²) in [6.07, 6.45) is -0.478. The van der Waals surface area contributed by atoms with Crippen molar-refractivity contribution in [3.8, 4) is 5.75 Å². The van der Waals surface area contributed by atoms with Crippen molar-refractivity contribution < 1.29 is 38.0 Å². The van der Waals surface area contributed by atoms with Crippen LogP contribution in [-0.2, 0) is 23.7 Å². The van der Waals surface area contributed by atoms with Crippen LogP contribution in [0.2, 0.25) is 0 Å². The molecule has 0 fully saturated rings. The van der Waals surface area contributed by atoms with Gasteiger partial charge in [0.25, 0.3) is 5.91 Å². The van der Waals surface area contributed by atoms with Gasteiger partial charge in [-0.25, -0.2) is 4.79 Å². The van der Waals surface area contributed by atoms with E-state index in [0.717, 1.165) is 0 Å². The molecule has 30 heavy (non-hydrogen) atoms. The Hall–Kier alpha value is -2.40. The van der Waals surface area contributed by atoms with Crippen LogP contribution in [0.1, 0.15) is 10.4 Å². The number of benzene rings is 1. The molecular formula is C20H32N2O8. The van der Waals surface area contributed by atoms with Gasteiger partial charge in [0.2, 0.25) is 0 Å². The number of alkyl carbamates (subject to hydrolysis) is 1. The summed E-state index contributed by atoms with van der Waals surface area (Å²) in [7, 11) is 3.07. The van der Waals surface area contributed by atoms with Gasteiger partial charge in [0, 0.05) is 19.2 Å². The lowest BCUT2D eigenvalue weighted by Gasteiger charge is -2.08. The second-order valence-electron chi connectivity index (χ2n) is 5.82. The zero-order valence-electron chi connectivity index (χ0n) is 17.6. The number of methoxy groups -OCH3 is 1. The lowest BCUT2D eigenvalue weighted by atomic mass is 10.2. The molecule has 0 radical (unpaired) electrons. The standard InChI is InChI=1S/C20H32N2O8/c1-21-20(24)30-16-15-29-14-13-28-12-11-27-10-9-26-8-7-22-19(23)17-3-5-18(25-2)6-4-17/h3-6H,7-16H2,1-2H3,(H,21,24)(H,22,23). The molecule has 0 aliphatic carbocycles. The smallest absolute Gasteiger partial charge is 0.406 e. The monoisotopic (exact) mass is 428 g/mol. The molecule has 2 amide bonds. The zero-order valence-corrected chi connectivity index (χ0v) is 17.6. The van der Waals surface area contributed by atoms with Gasteiger partial charge < -0.3 is 39.1 Å². The molecule has 0 atom stereocenters. The largest absolute Gasteiger partial charge is 0.497 e. The predicted molar refractivity (Wildman–Crippen MR) is 109 cm³/mol. The first-order valence-corrected chi connectivity index (χ1v) is 9.75. The average Bonchev–Trinajstić information content (AvgIpc) is 2.78. The molecule has 1 aromatic rings. The van der Waals surface area contributed by atoms with Crippen molar-refractivity contribution in [3.05, 3.63) is 29.8 Å². The van der Waals surface area contributed by atoms with E-state index in [1.807, 2.05) is 0 Å². The molecule has 10 heteroatoms. The molecule has 1 rings (SSSR count). The van der Waals surface area contributed by atoms with Gasteiger partial charge in [-0.05, 0) is 24.3 Å². The summed E-state index contributed by atoms with van der Waals surface area (Å²) in [5.74, 6) is 0.552. The quantitative estimate of drug-likeness (QED) is 0.351. The number of ether oxygens (including phenoxy) is 6. The summed E-state index contributed by atoms with van der Waals surface area (Å²) >= 11 is 0. The van der Waals surface area contributed by atoms with Gasteiger partial charge in [-0.15, -0.1) is 0 Å². The van der Waals surface area contributed by atoms with Crippen LogP contribution < -0.4 is 15.4 Å². The van der Waals surface area contributed by atoms with Crippen LogP contribution in [0.3, 0.4) is 0 Å². The van der Waals surface area contributed by atoms with E-state index in [9.17, 15) is 9.59 Å². The van der Waals surface area contributed by atoms with Crippen LogP contribution in [0.15, 0.2) is 24.3 Å². The van der Waals surface area contributed by atoms with Gasteiger partial charge in [0.15, 0.2) is 0 Å². The molecule has 10 nitrogen and oxygen atoms in total. The summed E-state index contributed by atoms with van der Waals surface area (Å²) in [4.78, 5) is 22.7. The number of rotatable bonds is 17. The van der Waals surface area contributed by atoms with Gasteiger partial charge in [-0.3, -0.25) is 4.79 Å². The highest BCUT2D eigenvalue weighted by Gasteiger charge is 2.04. The number of nitrogens with one attached hydrogen (secondary N) is 2. The van der Waals surface area contributed by atoms with Crippen LogP contribution in [0.4, 0.5) is 4.79 Å². The van der Waals surface area contributed by atoms with Crippen molar-refractivity contribution in [1.82, 2.24) is 10.6 Å². The molecule has 0 aromatic heterocycles. The number of hydrogen-bond acceptors (Lipinski definition) is 8. The Bertz CT molecular complexity index is 583. The van der Waals surface area contributed by atoms with Crippen molar-refractivity contribution in [2.45, 2.75) is 0 Å². The van der Waals surface area contributed by atoms with Crippen molar-refractivity contribution in [2.75, 3.05) is 80.2 Å². The Kier molecular flexibility index (Phi) is 14.9. The molecular weight excluding hydrogens is 396 g/mol. The van der Waals surface area contributed by atoms with Crippen molar-refractivity contribution >= 4 is 12.0 Å². The molecule has 0 bridgehead atoms. The van der Waals surface area contributed by atoms with Gasteiger partial charge >= 0.3 is 6.09 Å². The third-order valence-electron chi connectivity index (χ3n) is 3.67. The van der Waals surface area contributed by atoms with Gasteiger partial charge in [-0.1, -0.05) is 0 Å². The maximum Gasteiger partial charge on any atom is 0.406 e. The Balaban J connectivity index is 1.82. The predicted octanol–water partition coefficient (Wildman–Crippen LogP) is 0.847. The summed E-state index contributed by atoms with van der Waals surface area (Å²) in [6.45, 7) is 4.00. The minimum atomic E-state index is -0.478. The van der Waals surface area contributed by atoms with Crippen LogP contribution in [0.25, 0.3) is 0 Å². The van der Waals surface area contributed by atoms with E-state index in [1.165, 1.54) is 7.05 Å². The first kappa shape index (κ1) is 25.6. The minimum absolute atomic E-state index is 0.155. The lowest BCUT2D eigenvalue weighted by Crippen LogP contribution is -2.27. The average molecular weight is 428 g/mol. The van der Waals surface area contributed by atoms with Crippen molar-refractivity contribution in [3.63, 3.8) is 0 Å². The molecule has 170 valence electrons. The third-order valence-corrected chi connectivity index (χ3v) is 3.67. The first-order valence-electron chi connectivity index (χ1n) is 9.75. The van der Waals surface area contributed by atoms with Gasteiger partial charge in [0.1, 0.15) is 12.4 Å². The number of amides is 2. The van der Waals surface area contributed by atoms with Crippen molar-refractivity contribution in [2.24, 2.45) is 0 Å². The Morgan fingerprint density at radius 3 is 1.77 bits per heavy atom. The van der Waals surface area contributed by atoms with E-state index < -0.39 is 6.09 Å². The molecule has 0 aliphatic rings. The van der Waals surface area contributed by atoms with Crippen LogP contribution in [-0.4, -0.2) is 92.2 Å². The molecule has 0 aliphatic heterocycles. The maximum atomic E-state index is 11.9. The van der Waals surface area contributed by atoms with E-state index in [0.29, 0.717) is 70.7 Å². The zero-order chi connectivity index (χ0) is 21.9. The van der Waals surface area contributed by atoms with Crippen molar-refractivity contribution in [1.29, 1.82) is 0 Å².